The monoisotopic (exact) mass is 347 g/mol. The normalized spacial score (nSPS) is 19.6. The fourth-order valence-corrected chi connectivity index (χ4v) is 3.56. The predicted octanol–water partition coefficient (Wildman–Crippen LogP) is 2.57. The summed E-state index contributed by atoms with van der Waals surface area (Å²) in [4.78, 5) is 35.0. The van der Waals surface area contributed by atoms with Crippen LogP contribution in [0.2, 0.25) is 0 Å². The molecule has 1 aromatic carbocycles. The molecule has 2 aromatic heterocycles. The molecule has 1 aliphatic rings. The fourth-order valence-electron chi connectivity index (χ4n) is 3.56. The molecule has 0 spiro atoms. The minimum absolute atomic E-state index is 0.165. The van der Waals surface area contributed by atoms with Crippen LogP contribution in [-0.4, -0.2) is 44.9 Å². The van der Waals surface area contributed by atoms with Crippen molar-refractivity contribution >= 4 is 22.8 Å². The Morgan fingerprint density at radius 3 is 2.54 bits per heavy atom. The molecule has 4 rings (SSSR count). The summed E-state index contributed by atoms with van der Waals surface area (Å²) in [6, 6.07) is 14.6. The molecule has 3 heterocycles. The third-order valence-electron chi connectivity index (χ3n) is 4.86. The van der Waals surface area contributed by atoms with Gasteiger partial charge in [-0.25, -0.2) is 0 Å². The topological polar surface area (TPSA) is 83.4 Å². The molecule has 3 aromatic rings. The second-order valence-corrected chi connectivity index (χ2v) is 6.40. The number of amides is 1. The number of hydrogen-bond donors (Lipinski definition) is 1. The van der Waals surface area contributed by atoms with Crippen LogP contribution in [0.1, 0.15) is 22.0 Å². The average molecular weight is 347 g/mol. The lowest BCUT2D eigenvalue weighted by Gasteiger charge is -2.17. The molecule has 1 saturated heterocycles. The molecule has 1 amide bonds. The van der Waals surface area contributed by atoms with Crippen molar-refractivity contribution in [3.8, 4) is 0 Å². The smallest absolute Gasteiger partial charge is 0.309 e. The van der Waals surface area contributed by atoms with E-state index in [9.17, 15) is 14.7 Å². The Morgan fingerprint density at radius 1 is 0.962 bits per heavy atom. The van der Waals surface area contributed by atoms with Gasteiger partial charge in [0.15, 0.2) is 0 Å². The number of benzene rings is 1. The molecular weight excluding hydrogens is 330 g/mol. The van der Waals surface area contributed by atoms with Gasteiger partial charge in [-0.3, -0.25) is 19.6 Å². The van der Waals surface area contributed by atoms with Gasteiger partial charge in [-0.2, -0.15) is 0 Å². The largest absolute Gasteiger partial charge is 0.481 e. The van der Waals surface area contributed by atoms with E-state index in [-0.39, 0.29) is 18.4 Å². The van der Waals surface area contributed by atoms with Gasteiger partial charge < -0.3 is 10.0 Å². The van der Waals surface area contributed by atoms with Crippen molar-refractivity contribution in [1.82, 2.24) is 14.9 Å². The summed E-state index contributed by atoms with van der Waals surface area (Å²) < 4.78 is 0. The van der Waals surface area contributed by atoms with E-state index < -0.39 is 11.9 Å². The lowest BCUT2D eigenvalue weighted by Crippen LogP contribution is -2.30. The van der Waals surface area contributed by atoms with Crippen LogP contribution in [0.4, 0.5) is 0 Å². The lowest BCUT2D eigenvalue weighted by atomic mass is 9.93. The standard InChI is InChI=1S/C20H17N3O3/c24-19(14-7-3-5-13-6-4-10-22-18(13)14)23-11-15(16(12-23)20(25)26)17-8-1-2-9-21-17/h1-10,15-16H,11-12H2,(H,25,26)/t15-,16-/m1/s1. The second-order valence-electron chi connectivity index (χ2n) is 6.40. The average Bonchev–Trinajstić information content (AvgIpc) is 3.13. The Morgan fingerprint density at radius 2 is 1.77 bits per heavy atom. The Balaban J connectivity index is 1.68. The first-order chi connectivity index (χ1) is 12.6. The maximum absolute atomic E-state index is 13.1. The number of aromatic nitrogens is 2. The molecular formula is C20H17N3O3. The first kappa shape index (κ1) is 16.2. The molecule has 0 saturated carbocycles. The minimum Gasteiger partial charge on any atom is -0.481 e. The van der Waals surface area contributed by atoms with Crippen LogP contribution in [-0.2, 0) is 4.79 Å². The molecule has 130 valence electrons. The zero-order chi connectivity index (χ0) is 18.1. The van der Waals surface area contributed by atoms with Crippen LogP contribution in [0, 0.1) is 5.92 Å². The summed E-state index contributed by atoms with van der Waals surface area (Å²) in [6.07, 6.45) is 3.30. The number of aliphatic carboxylic acids is 1. The number of carbonyl (C=O) groups is 2. The summed E-state index contributed by atoms with van der Waals surface area (Å²) in [6.45, 7) is 0.495. The van der Waals surface area contributed by atoms with E-state index >= 15 is 0 Å². The van der Waals surface area contributed by atoms with Gasteiger partial charge in [0.05, 0.1) is 17.0 Å². The molecule has 6 heteroatoms. The van der Waals surface area contributed by atoms with Crippen LogP contribution in [0.3, 0.4) is 0 Å². The van der Waals surface area contributed by atoms with Gasteiger partial charge in [-0.1, -0.05) is 24.3 Å². The summed E-state index contributed by atoms with van der Waals surface area (Å²) in [5.41, 5.74) is 1.83. The minimum atomic E-state index is -0.910. The van der Waals surface area contributed by atoms with E-state index in [1.54, 1.807) is 29.4 Å². The van der Waals surface area contributed by atoms with Crippen molar-refractivity contribution in [1.29, 1.82) is 0 Å². The molecule has 1 N–H and O–H groups in total. The van der Waals surface area contributed by atoms with Crippen LogP contribution in [0.15, 0.2) is 60.9 Å². The molecule has 1 aliphatic heterocycles. The maximum Gasteiger partial charge on any atom is 0.309 e. The van der Waals surface area contributed by atoms with Crippen molar-refractivity contribution in [2.24, 2.45) is 5.92 Å². The third kappa shape index (κ3) is 2.79. The molecule has 0 aliphatic carbocycles. The van der Waals surface area contributed by atoms with E-state index in [1.807, 2.05) is 36.4 Å². The maximum atomic E-state index is 13.1. The Kier molecular flexibility index (Phi) is 4.08. The predicted molar refractivity (Wildman–Crippen MR) is 95.8 cm³/mol. The summed E-state index contributed by atoms with van der Waals surface area (Å²) in [5, 5.41) is 10.5. The second kappa shape index (κ2) is 6.55. The lowest BCUT2D eigenvalue weighted by molar-refractivity contribution is -0.141. The molecule has 0 unspecified atom stereocenters. The highest BCUT2D eigenvalue weighted by molar-refractivity contribution is 6.05. The van der Waals surface area contributed by atoms with Gasteiger partial charge in [-0.05, 0) is 24.3 Å². The highest BCUT2D eigenvalue weighted by Crippen LogP contribution is 2.33. The number of nitrogens with zero attached hydrogens (tertiary/aromatic N) is 3. The van der Waals surface area contributed by atoms with E-state index in [0.717, 1.165) is 5.39 Å². The number of fused-ring (bicyclic) bond motifs is 1. The van der Waals surface area contributed by atoms with Gasteiger partial charge >= 0.3 is 5.97 Å². The fraction of sp³-hybridized carbons (Fsp3) is 0.200. The number of rotatable bonds is 3. The van der Waals surface area contributed by atoms with E-state index in [1.165, 1.54) is 0 Å². The van der Waals surface area contributed by atoms with Gasteiger partial charge in [0, 0.05) is 42.5 Å². The molecule has 26 heavy (non-hydrogen) atoms. The number of carboxylic acid groups (broad SMARTS) is 1. The Hall–Kier alpha value is -3.28. The number of likely N-dealkylation sites (tertiary alicyclic amines) is 1. The molecule has 0 radical (unpaired) electrons. The third-order valence-corrected chi connectivity index (χ3v) is 4.86. The van der Waals surface area contributed by atoms with Crippen molar-refractivity contribution in [2.75, 3.05) is 13.1 Å². The van der Waals surface area contributed by atoms with Crippen molar-refractivity contribution < 1.29 is 14.7 Å². The van der Waals surface area contributed by atoms with Crippen LogP contribution < -0.4 is 0 Å². The van der Waals surface area contributed by atoms with Crippen molar-refractivity contribution in [2.45, 2.75) is 5.92 Å². The Labute approximate surface area is 150 Å². The quantitative estimate of drug-likeness (QED) is 0.787. The zero-order valence-corrected chi connectivity index (χ0v) is 13.9. The molecule has 1 fully saturated rings. The number of pyridine rings is 2. The summed E-state index contributed by atoms with van der Waals surface area (Å²) >= 11 is 0. The van der Waals surface area contributed by atoms with Crippen molar-refractivity contribution in [3.63, 3.8) is 0 Å². The molecule has 2 atom stereocenters. The Bertz CT molecular complexity index is 969. The van der Waals surface area contributed by atoms with Gasteiger partial charge in [-0.15, -0.1) is 0 Å². The van der Waals surface area contributed by atoms with E-state index in [0.29, 0.717) is 23.3 Å². The van der Waals surface area contributed by atoms with Gasteiger partial charge in [0.2, 0.25) is 0 Å². The summed E-state index contributed by atoms with van der Waals surface area (Å²) in [7, 11) is 0. The first-order valence-corrected chi connectivity index (χ1v) is 8.42. The molecule has 0 bridgehead atoms. The van der Waals surface area contributed by atoms with E-state index in [4.69, 9.17) is 0 Å². The van der Waals surface area contributed by atoms with Crippen LogP contribution >= 0.6 is 0 Å². The summed E-state index contributed by atoms with van der Waals surface area (Å²) in [5.74, 6) is -2.09. The molecule has 6 nitrogen and oxygen atoms in total. The number of carboxylic acids is 1. The van der Waals surface area contributed by atoms with E-state index in [2.05, 4.69) is 9.97 Å². The first-order valence-electron chi connectivity index (χ1n) is 8.42. The SMILES string of the molecule is O=C(O)[C@@H]1CN(C(=O)c2cccc3cccnc23)C[C@H]1c1ccccn1. The highest BCUT2D eigenvalue weighted by Gasteiger charge is 2.41. The van der Waals surface area contributed by atoms with Gasteiger partial charge in [0.25, 0.3) is 5.91 Å². The highest BCUT2D eigenvalue weighted by atomic mass is 16.4. The number of carbonyl (C=O) groups excluding carboxylic acids is 1. The zero-order valence-electron chi connectivity index (χ0n) is 13.9. The van der Waals surface area contributed by atoms with Crippen molar-refractivity contribution in [3.05, 3.63) is 72.2 Å². The van der Waals surface area contributed by atoms with Gasteiger partial charge in [0.1, 0.15) is 0 Å². The number of para-hydroxylation sites is 1. The van der Waals surface area contributed by atoms with Crippen LogP contribution in [0.25, 0.3) is 10.9 Å². The van der Waals surface area contributed by atoms with Crippen LogP contribution in [0.5, 0.6) is 0 Å². The number of hydrogen-bond acceptors (Lipinski definition) is 4.